The van der Waals surface area contributed by atoms with E-state index in [1.165, 1.54) is 12.8 Å². The Morgan fingerprint density at radius 2 is 2.17 bits per heavy atom. The Morgan fingerprint density at radius 3 is 3.00 bits per heavy atom. The number of hydrogen-bond acceptors (Lipinski definition) is 5. The minimum absolute atomic E-state index is 0.0574. The van der Waals surface area contributed by atoms with Crippen LogP contribution in [0.2, 0.25) is 0 Å². The van der Waals surface area contributed by atoms with Gasteiger partial charge in [0.2, 0.25) is 5.91 Å². The summed E-state index contributed by atoms with van der Waals surface area (Å²) in [6.45, 7) is 4.41. The van der Waals surface area contributed by atoms with Crippen LogP contribution in [-0.4, -0.2) is 45.4 Å². The molecule has 1 amide bonds. The van der Waals surface area contributed by atoms with E-state index < -0.39 is 0 Å². The highest BCUT2D eigenvalue weighted by molar-refractivity contribution is 5.79. The Balaban J connectivity index is 1.46. The van der Waals surface area contributed by atoms with Gasteiger partial charge >= 0.3 is 0 Å². The lowest BCUT2D eigenvalue weighted by atomic mass is 9.97. The van der Waals surface area contributed by atoms with Crippen molar-refractivity contribution in [3.8, 4) is 0 Å². The van der Waals surface area contributed by atoms with Crippen LogP contribution in [0.4, 0.5) is 5.82 Å². The molecule has 1 N–H and O–H groups in total. The van der Waals surface area contributed by atoms with E-state index in [4.69, 9.17) is 0 Å². The molecule has 0 unspecified atom stereocenters. The summed E-state index contributed by atoms with van der Waals surface area (Å²) in [4.78, 5) is 14.5. The highest BCUT2D eigenvalue weighted by Gasteiger charge is 2.28. The van der Waals surface area contributed by atoms with Gasteiger partial charge in [-0.3, -0.25) is 4.79 Å². The molecule has 1 saturated heterocycles. The summed E-state index contributed by atoms with van der Waals surface area (Å²) < 4.78 is 1.76. The van der Waals surface area contributed by atoms with Gasteiger partial charge in [-0.1, -0.05) is 0 Å². The number of aromatic nitrogens is 4. The maximum Gasteiger partial charge on any atom is 0.224 e. The highest BCUT2D eigenvalue weighted by atomic mass is 16.1. The fourth-order valence-electron chi connectivity index (χ4n) is 3.17. The molecular formula is C16H22N6O. The molecule has 1 aliphatic heterocycles. The van der Waals surface area contributed by atoms with E-state index in [0.717, 1.165) is 55.7 Å². The zero-order valence-corrected chi connectivity index (χ0v) is 13.4. The van der Waals surface area contributed by atoms with E-state index in [2.05, 4.69) is 25.5 Å². The molecule has 0 radical (unpaired) electrons. The summed E-state index contributed by atoms with van der Waals surface area (Å²) in [6.07, 6.45) is 4.50. The molecule has 2 aliphatic rings. The van der Waals surface area contributed by atoms with Gasteiger partial charge in [-0.2, -0.15) is 4.52 Å². The number of fused-ring (bicyclic) bond motifs is 1. The molecule has 1 saturated carbocycles. The smallest absolute Gasteiger partial charge is 0.224 e. The zero-order valence-electron chi connectivity index (χ0n) is 13.4. The van der Waals surface area contributed by atoms with Crippen molar-refractivity contribution in [1.29, 1.82) is 0 Å². The molecule has 7 nitrogen and oxygen atoms in total. The third-order valence-corrected chi connectivity index (χ3v) is 4.78. The molecule has 23 heavy (non-hydrogen) atoms. The Kier molecular flexibility index (Phi) is 3.63. The maximum atomic E-state index is 12.3. The van der Waals surface area contributed by atoms with Crippen molar-refractivity contribution in [2.75, 3.05) is 24.5 Å². The molecule has 0 bridgehead atoms. The Morgan fingerprint density at radius 1 is 1.30 bits per heavy atom. The number of anilines is 1. The van der Waals surface area contributed by atoms with Gasteiger partial charge in [-0.15, -0.1) is 15.3 Å². The Bertz CT molecular complexity index is 722. The first-order valence-electron chi connectivity index (χ1n) is 8.42. The number of amides is 1. The van der Waals surface area contributed by atoms with Crippen LogP contribution in [0.15, 0.2) is 12.1 Å². The lowest BCUT2D eigenvalue weighted by molar-refractivity contribution is -0.125. The highest BCUT2D eigenvalue weighted by Crippen LogP contribution is 2.28. The second-order valence-electron chi connectivity index (χ2n) is 6.68. The van der Waals surface area contributed by atoms with Crippen molar-refractivity contribution in [2.24, 2.45) is 11.8 Å². The topological polar surface area (TPSA) is 75.4 Å². The fourth-order valence-corrected chi connectivity index (χ4v) is 3.17. The average molecular weight is 314 g/mol. The van der Waals surface area contributed by atoms with E-state index >= 15 is 0 Å². The minimum atomic E-state index is 0.0574. The zero-order chi connectivity index (χ0) is 15.8. The van der Waals surface area contributed by atoms with Crippen LogP contribution in [0.25, 0.3) is 5.65 Å². The number of rotatable bonds is 4. The van der Waals surface area contributed by atoms with E-state index in [1.807, 2.05) is 19.1 Å². The van der Waals surface area contributed by atoms with Crippen molar-refractivity contribution in [1.82, 2.24) is 25.1 Å². The predicted octanol–water partition coefficient (Wildman–Crippen LogP) is 1.18. The van der Waals surface area contributed by atoms with Crippen molar-refractivity contribution in [3.05, 3.63) is 18.0 Å². The normalized spacial score (nSPS) is 21.6. The first-order valence-corrected chi connectivity index (χ1v) is 8.42. The quantitative estimate of drug-likeness (QED) is 0.917. The summed E-state index contributed by atoms with van der Waals surface area (Å²) in [5.74, 6) is 2.64. The van der Waals surface area contributed by atoms with Gasteiger partial charge in [0.25, 0.3) is 0 Å². The summed E-state index contributed by atoms with van der Waals surface area (Å²) in [6, 6.07) is 3.90. The first kappa shape index (κ1) is 14.4. The monoisotopic (exact) mass is 314 g/mol. The maximum absolute atomic E-state index is 12.3. The molecule has 122 valence electrons. The molecular weight excluding hydrogens is 292 g/mol. The average Bonchev–Trinajstić information content (AvgIpc) is 3.35. The van der Waals surface area contributed by atoms with Gasteiger partial charge in [0.05, 0.1) is 5.92 Å². The third-order valence-electron chi connectivity index (χ3n) is 4.78. The fraction of sp³-hybridized carbons (Fsp3) is 0.625. The Labute approximate surface area is 135 Å². The van der Waals surface area contributed by atoms with Crippen LogP contribution in [0.3, 0.4) is 0 Å². The first-order chi connectivity index (χ1) is 11.2. The predicted molar refractivity (Wildman–Crippen MR) is 86.2 cm³/mol. The number of nitrogens with zero attached hydrogens (tertiary/aromatic N) is 5. The van der Waals surface area contributed by atoms with E-state index in [1.54, 1.807) is 4.52 Å². The van der Waals surface area contributed by atoms with Gasteiger partial charge in [0.15, 0.2) is 11.5 Å². The lowest BCUT2D eigenvalue weighted by Crippen LogP contribution is -2.44. The summed E-state index contributed by atoms with van der Waals surface area (Å²) in [5, 5.41) is 15.8. The van der Waals surface area contributed by atoms with Crippen LogP contribution in [0, 0.1) is 18.8 Å². The van der Waals surface area contributed by atoms with Crippen LogP contribution in [0.5, 0.6) is 0 Å². The lowest BCUT2D eigenvalue weighted by Gasteiger charge is -2.32. The van der Waals surface area contributed by atoms with Crippen molar-refractivity contribution >= 4 is 17.4 Å². The summed E-state index contributed by atoms with van der Waals surface area (Å²) in [7, 11) is 0. The van der Waals surface area contributed by atoms with E-state index in [-0.39, 0.29) is 11.8 Å². The molecule has 2 aromatic heterocycles. The van der Waals surface area contributed by atoms with E-state index in [9.17, 15) is 4.79 Å². The van der Waals surface area contributed by atoms with E-state index in [0.29, 0.717) is 0 Å². The van der Waals surface area contributed by atoms with Crippen molar-refractivity contribution in [2.45, 2.75) is 32.6 Å². The van der Waals surface area contributed by atoms with Gasteiger partial charge in [0.1, 0.15) is 5.82 Å². The molecule has 0 aromatic carbocycles. The van der Waals surface area contributed by atoms with Gasteiger partial charge in [-0.05, 0) is 50.7 Å². The number of hydrogen-bond donors (Lipinski definition) is 1. The number of piperidine rings is 1. The SMILES string of the molecule is Cc1nnc2ccc(N3CCC[C@@H](C(=O)NCC4CC4)C3)nn12. The van der Waals surface area contributed by atoms with Crippen LogP contribution in [0.1, 0.15) is 31.5 Å². The van der Waals surface area contributed by atoms with Crippen LogP contribution >= 0.6 is 0 Å². The van der Waals surface area contributed by atoms with Crippen LogP contribution in [-0.2, 0) is 4.79 Å². The number of aryl methyl sites for hydroxylation is 1. The number of carbonyl (C=O) groups excluding carboxylic acids is 1. The van der Waals surface area contributed by atoms with Crippen LogP contribution < -0.4 is 10.2 Å². The number of nitrogens with one attached hydrogen (secondary N) is 1. The van der Waals surface area contributed by atoms with Gasteiger partial charge in [-0.25, -0.2) is 0 Å². The van der Waals surface area contributed by atoms with Gasteiger partial charge < -0.3 is 10.2 Å². The molecule has 3 heterocycles. The standard InChI is InChI=1S/C16H22N6O/c1-11-18-19-14-6-7-15(20-22(11)14)21-8-2-3-13(10-21)16(23)17-9-12-4-5-12/h6-7,12-13H,2-5,8-10H2,1H3,(H,17,23)/t13-/m1/s1. The van der Waals surface area contributed by atoms with Crippen molar-refractivity contribution in [3.63, 3.8) is 0 Å². The minimum Gasteiger partial charge on any atom is -0.356 e. The molecule has 4 rings (SSSR count). The van der Waals surface area contributed by atoms with Gasteiger partial charge in [0, 0.05) is 19.6 Å². The largest absolute Gasteiger partial charge is 0.356 e. The second-order valence-corrected chi connectivity index (χ2v) is 6.68. The molecule has 2 aromatic rings. The third kappa shape index (κ3) is 3.00. The molecule has 1 aliphatic carbocycles. The Hall–Kier alpha value is -2.18. The molecule has 2 fully saturated rings. The number of carbonyl (C=O) groups is 1. The van der Waals surface area contributed by atoms with Crippen molar-refractivity contribution < 1.29 is 4.79 Å². The molecule has 0 spiro atoms. The summed E-state index contributed by atoms with van der Waals surface area (Å²) >= 11 is 0. The second kappa shape index (κ2) is 5.79. The molecule has 1 atom stereocenters. The molecule has 7 heteroatoms. The summed E-state index contributed by atoms with van der Waals surface area (Å²) in [5.41, 5.74) is 0.752.